The third kappa shape index (κ3) is 3.46. The summed E-state index contributed by atoms with van der Waals surface area (Å²) in [6, 6.07) is 8.20. The summed E-state index contributed by atoms with van der Waals surface area (Å²) < 4.78 is 11.5. The maximum Gasteiger partial charge on any atom is 0.208 e. The molecule has 0 amide bonds. The van der Waals surface area contributed by atoms with Crippen LogP contribution in [-0.4, -0.2) is 29.1 Å². The molecule has 1 aromatic heterocycles. The Morgan fingerprint density at radius 1 is 1.43 bits per heavy atom. The molecule has 1 fully saturated rings. The van der Waals surface area contributed by atoms with Crippen LogP contribution in [0.2, 0.25) is 5.02 Å². The zero-order valence-electron chi connectivity index (χ0n) is 12.3. The molecule has 0 bridgehead atoms. The average molecular weight is 307 g/mol. The molecule has 1 aliphatic heterocycles. The number of morpholine rings is 1. The van der Waals surface area contributed by atoms with Crippen molar-refractivity contribution < 1.29 is 9.15 Å². The van der Waals surface area contributed by atoms with Gasteiger partial charge in [-0.3, -0.25) is 4.90 Å². The van der Waals surface area contributed by atoms with Gasteiger partial charge < -0.3 is 9.15 Å². The van der Waals surface area contributed by atoms with Crippen molar-refractivity contribution in [1.29, 1.82) is 0 Å². The van der Waals surface area contributed by atoms with Gasteiger partial charge in [0.1, 0.15) is 5.76 Å². The molecule has 3 rings (SSSR count). The topological polar surface area (TPSA) is 38.5 Å². The molecule has 112 valence electrons. The second-order valence-corrected chi connectivity index (χ2v) is 5.96. The van der Waals surface area contributed by atoms with Crippen molar-refractivity contribution in [1.82, 2.24) is 9.88 Å². The quantitative estimate of drug-likeness (QED) is 0.868. The molecule has 2 aromatic rings. The summed E-state index contributed by atoms with van der Waals surface area (Å²) in [7, 11) is 0. The molecular weight excluding hydrogens is 288 g/mol. The fraction of sp³-hybridized carbons (Fsp3) is 0.438. The minimum absolute atomic E-state index is 0.0379. The van der Waals surface area contributed by atoms with Gasteiger partial charge in [0, 0.05) is 17.6 Å². The number of hydrogen-bond donors (Lipinski definition) is 0. The van der Waals surface area contributed by atoms with E-state index in [2.05, 4.69) is 22.9 Å². The molecule has 2 atom stereocenters. The smallest absolute Gasteiger partial charge is 0.208 e. The first kappa shape index (κ1) is 14.6. The van der Waals surface area contributed by atoms with Crippen LogP contribution in [0.1, 0.15) is 30.2 Å². The Labute approximate surface area is 129 Å². The van der Waals surface area contributed by atoms with Gasteiger partial charge in [0.05, 0.1) is 25.5 Å². The molecule has 0 saturated carbocycles. The number of ether oxygens (including phenoxy) is 1. The molecule has 1 aromatic carbocycles. The predicted molar refractivity (Wildman–Crippen MR) is 81.3 cm³/mol. The van der Waals surface area contributed by atoms with Crippen LogP contribution < -0.4 is 0 Å². The van der Waals surface area contributed by atoms with Crippen molar-refractivity contribution >= 4 is 11.6 Å². The van der Waals surface area contributed by atoms with Crippen LogP contribution in [-0.2, 0) is 11.3 Å². The van der Waals surface area contributed by atoms with E-state index in [1.807, 2.05) is 25.1 Å². The van der Waals surface area contributed by atoms with Crippen LogP contribution in [0.25, 0.3) is 0 Å². The van der Waals surface area contributed by atoms with Crippen LogP contribution in [0, 0.1) is 6.92 Å². The highest BCUT2D eigenvalue weighted by atomic mass is 35.5. The van der Waals surface area contributed by atoms with Gasteiger partial charge in [-0.1, -0.05) is 23.7 Å². The van der Waals surface area contributed by atoms with Crippen molar-refractivity contribution in [2.75, 3.05) is 13.2 Å². The Kier molecular flexibility index (Phi) is 4.29. The molecule has 0 aliphatic carbocycles. The van der Waals surface area contributed by atoms with E-state index in [-0.39, 0.29) is 6.10 Å². The Morgan fingerprint density at radius 2 is 2.29 bits per heavy atom. The highest BCUT2D eigenvalue weighted by Crippen LogP contribution is 2.27. The van der Waals surface area contributed by atoms with E-state index < -0.39 is 0 Å². The van der Waals surface area contributed by atoms with E-state index in [1.54, 1.807) is 6.20 Å². The maximum absolute atomic E-state index is 6.07. The van der Waals surface area contributed by atoms with E-state index in [9.17, 15) is 0 Å². The summed E-state index contributed by atoms with van der Waals surface area (Å²) in [6.45, 7) is 6.27. The Balaban J connectivity index is 1.72. The largest absolute Gasteiger partial charge is 0.445 e. The van der Waals surface area contributed by atoms with Gasteiger partial charge in [-0.15, -0.1) is 0 Å². The number of aromatic nitrogens is 1. The van der Waals surface area contributed by atoms with E-state index in [0.717, 1.165) is 28.8 Å². The number of oxazole rings is 1. The Morgan fingerprint density at radius 3 is 3.00 bits per heavy atom. The van der Waals surface area contributed by atoms with Crippen molar-refractivity contribution in [3.63, 3.8) is 0 Å². The molecule has 2 heterocycles. The number of hydrogen-bond acceptors (Lipinski definition) is 4. The molecule has 0 radical (unpaired) electrons. The second-order valence-electron chi connectivity index (χ2n) is 5.52. The fourth-order valence-corrected chi connectivity index (χ4v) is 2.78. The summed E-state index contributed by atoms with van der Waals surface area (Å²) in [5.41, 5.74) is 1.11. The molecule has 5 heteroatoms. The van der Waals surface area contributed by atoms with Crippen LogP contribution in [0.5, 0.6) is 0 Å². The SMILES string of the molecule is Cc1cnc(CN2C[C@@H](c3cccc(Cl)c3)OC[C@@H]2C)o1. The molecule has 21 heavy (non-hydrogen) atoms. The van der Waals surface area contributed by atoms with Crippen molar-refractivity contribution in [2.45, 2.75) is 32.5 Å². The lowest BCUT2D eigenvalue weighted by atomic mass is 10.1. The minimum Gasteiger partial charge on any atom is -0.445 e. The molecule has 0 unspecified atom stereocenters. The summed E-state index contributed by atoms with van der Waals surface area (Å²) in [4.78, 5) is 6.62. The van der Waals surface area contributed by atoms with Gasteiger partial charge in [-0.2, -0.15) is 0 Å². The van der Waals surface area contributed by atoms with Crippen molar-refractivity contribution in [2.24, 2.45) is 0 Å². The number of halogens is 1. The minimum atomic E-state index is 0.0379. The highest BCUT2D eigenvalue weighted by Gasteiger charge is 2.28. The van der Waals surface area contributed by atoms with E-state index >= 15 is 0 Å². The lowest BCUT2D eigenvalue weighted by Crippen LogP contribution is -2.44. The fourth-order valence-electron chi connectivity index (χ4n) is 2.58. The summed E-state index contributed by atoms with van der Waals surface area (Å²) in [6.07, 6.45) is 1.80. The van der Waals surface area contributed by atoms with E-state index in [1.165, 1.54) is 0 Å². The third-order valence-corrected chi connectivity index (χ3v) is 4.03. The first-order valence-corrected chi connectivity index (χ1v) is 7.52. The van der Waals surface area contributed by atoms with Crippen LogP contribution in [0.15, 0.2) is 34.9 Å². The average Bonchev–Trinajstić information content (AvgIpc) is 2.87. The molecular formula is C16H19ClN2O2. The zero-order chi connectivity index (χ0) is 14.8. The molecule has 4 nitrogen and oxygen atoms in total. The first-order valence-electron chi connectivity index (χ1n) is 7.14. The van der Waals surface area contributed by atoms with Gasteiger partial charge in [0.25, 0.3) is 0 Å². The van der Waals surface area contributed by atoms with Crippen molar-refractivity contribution in [3.8, 4) is 0 Å². The second kappa shape index (κ2) is 6.18. The van der Waals surface area contributed by atoms with Gasteiger partial charge >= 0.3 is 0 Å². The zero-order valence-corrected chi connectivity index (χ0v) is 13.0. The number of nitrogens with zero attached hydrogens (tertiary/aromatic N) is 2. The molecule has 1 saturated heterocycles. The van der Waals surface area contributed by atoms with Gasteiger partial charge in [-0.05, 0) is 31.5 Å². The van der Waals surface area contributed by atoms with Gasteiger partial charge in [0.15, 0.2) is 0 Å². The summed E-state index contributed by atoms with van der Waals surface area (Å²) >= 11 is 6.07. The standard InChI is InChI=1S/C16H19ClN2O2/c1-11-10-20-15(13-4-3-5-14(17)6-13)8-19(11)9-16-18-7-12(2)21-16/h3-7,11,15H,8-10H2,1-2H3/t11-,15-/m0/s1. The normalized spacial score (nSPS) is 23.4. The van der Waals surface area contributed by atoms with E-state index in [4.69, 9.17) is 20.8 Å². The maximum atomic E-state index is 6.07. The van der Waals surface area contributed by atoms with E-state index in [0.29, 0.717) is 19.2 Å². The van der Waals surface area contributed by atoms with Gasteiger partial charge in [-0.25, -0.2) is 4.98 Å². The van der Waals surface area contributed by atoms with Crippen LogP contribution in [0.4, 0.5) is 0 Å². The number of aryl methyl sites for hydroxylation is 1. The Bertz CT molecular complexity index is 614. The lowest BCUT2D eigenvalue weighted by Gasteiger charge is -2.37. The van der Waals surface area contributed by atoms with Crippen LogP contribution >= 0.6 is 11.6 Å². The number of rotatable bonds is 3. The molecule has 1 aliphatic rings. The molecule has 0 N–H and O–H groups in total. The summed E-state index contributed by atoms with van der Waals surface area (Å²) in [5.74, 6) is 1.60. The lowest BCUT2D eigenvalue weighted by molar-refractivity contribution is -0.0656. The third-order valence-electron chi connectivity index (χ3n) is 3.79. The van der Waals surface area contributed by atoms with Gasteiger partial charge in [0.2, 0.25) is 5.89 Å². The molecule has 0 spiro atoms. The van der Waals surface area contributed by atoms with Crippen LogP contribution in [0.3, 0.4) is 0 Å². The Hall–Kier alpha value is -1.36. The van der Waals surface area contributed by atoms with Crippen molar-refractivity contribution in [3.05, 3.63) is 52.7 Å². The summed E-state index contributed by atoms with van der Waals surface area (Å²) in [5, 5.41) is 0.740. The predicted octanol–water partition coefficient (Wildman–Crippen LogP) is 3.60. The monoisotopic (exact) mass is 306 g/mol. The first-order chi connectivity index (χ1) is 10.1. The number of benzene rings is 1. The highest BCUT2D eigenvalue weighted by molar-refractivity contribution is 6.30.